The van der Waals surface area contributed by atoms with E-state index in [9.17, 15) is 9.90 Å². The number of amides is 1. The molecule has 34 heavy (non-hydrogen) atoms. The van der Waals surface area contributed by atoms with Crippen LogP contribution in [0.5, 0.6) is 5.75 Å². The van der Waals surface area contributed by atoms with Crippen molar-refractivity contribution < 1.29 is 11.3 Å². The van der Waals surface area contributed by atoms with Crippen LogP contribution in [0.4, 0.5) is 5.82 Å². The number of likely N-dealkylation sites (tertiary alicyclic amines) is 1. The second-order valence-corrected chi connectivity index (χ2v) is 9.43. The van der Waals surface area contributed by atoms with Crippen molar-refractivity contribution in [2.75, 3.05) is 50.7 Å². The van der Waals surface area contributed by atoms with Crippen molar-refractivity contribution in [3.63, 3.8) is 0 Å². The van der Waals surface area contributed by atoms with Gasteiger partial charge in [0.15, 0.2) is 5.82 Å². The van der Waals surface area contributed by atoms with Crippen molar-refractivity contribution in [2.24, 2.45) is 0 Å². The molecule has 0 saturated carbocycles. The minimum absolute atomic E-state index is 0. The van der Waals surface area contributed by atoms with E-state index in [0.29, 0.717) is 30.9 Å². The minimum atomic E-state index is 0. The van der Waals surface area contributed by atoms with Crippen LogP contribution in [0.25, 0.3) is 22.3 Å². The Hall–Kier alpha value is -3.19. The number of aromatic hydroxyl groups is 1. The molecule has 1 N–H and O–H groups in total. The molecule has 3 heterocycles. The number of rotatable bonds is 5. The lowest BCUT2D eigenvalue weighted by atomic mass is 10.1. The molecule has 0 spiro atoms. The highest BCUT2D eigenvalue weighted by Gasteiger charge is 2.25. The molecule has 0 aliphatic carbocycles. The second kappa shape index (κ2) is 9.97. The molecule has 0 unspecified atom stereocenters. The van der Waals surface area contributed by atoms with Gasteiger partial charge in [0, 0.05) is 46.0 Å². The second-order valence-electron chi connectivity index (χ2n) is 9.43. The number of anilines is 1. The summed E-state index contributed by atoms with van der Waals surface area (Å²) in [5.41, 5.74) is 2.62. The number of piperidine rings is 1. The third kappa shape index (κ3) is 4.85. The lowest BCUT2D eigenvalue weighted by Gasteiger charge is -2.36. The maximum atomic E-state index is 12.8. The first-order valence-corrected chi connectivity index (χ1v) is 12.4. The van der Waals surface area contributed by atoms with Crippen LogP contribution in [-0.2, 0) is 4.79 Å². The molecule has 2 saturated heterocycles. The normalized spacial score (nSPS) is 17.3. The maximum absolute atomic E-state index is 12.8. The summed E-state index contributed by atoms with van der Waals surface area (Å²) < 4.78 is 0. The average molecular weight is 462 g/mol. The third-order valence-electron chi connectivity index (χ3n) is 7.00. The fraction of sp³-hybridized carbons (Fsp3) is 0.444. The average Bonchev–Trinajstić information content (AvgIpc) is 2.87. The number of phenols is 1. The van der Waals surface area contributed by atoms with E-state index < -0.39 is 0 Å². The summed E-state index contributed by atoms with van der Waals surface area (Å²) in [5, 5.41) is 11.4. The predicted octanol–water partition coefficient (Wildman–Crippen LogP) is 4.08. The first-order valence-electron chi connectivity index (χ1n) is 12.4. The minimum Gasteiger partial charge on any atom is -0.507 e. The van der Waals surface area contributed by atoms with E-state index in [0.717, 1.165) is 55.0 Å². The van der Waals surface area contributed by atoms with E-state index in [1.54, 1.807) is 12.1 Å². The molecule has 3 aromatic rings. The summed E-state index contributed by atoms with van der Waals surface area (Å²) in [7, 11) is 0. The van der Waals surface area contributed by atoms with Crippen LogP contribution in [0.2, 0.25) is 0 Å². The Kier molecular flexibility index (Phi) is 6.63. The van der Waals surface area contributed by atoms with E-state index in [-0.39, 0.29) is 13.1 Å². The number of carbonyl (C=O) groups is 1. The first kappa shape index (κ1) is 22.6. The van der Waals surface area contributed by atoms with Crippen LogP contribution in [0.3, 0.4) is 0 Å². The number of carbonyl (C=O) groups excluding carboxylic acids is 1. The quantitative estimate of drug-likeness (QED) is 0.617. The van der Waals surface area contributed by atoms with Gasteiger partial charge in [0.2, 0.25) is 5.91 Å². The fourth-order valence-corrected chi connectivity index (χ4v) is 5.01. The lowest BCUT2D eigenvalue weighted by Crippen LogP contribution is -2.49. The number of aryl methyl sites for hydroxylation is 1. The molecule has 5 rings (SSSR count). The van der Waals surface area contributed by atoms with Crippen molar-refractivity contribution in [3.05, 3.63) is 48.0 Å². The number of hydrogen-bond donors (Lipinski definition) is 1. The summed E-state index contributed by atoms with van der Waals surface area (Å²) in [5.74, 6) is 1.81. The van der Waals surface area contributed by atoms with Crippen LogP contribution in [0.15, 0.2) is 42.5 Å². The van der Waals surface area contributed by atoms with Gasteiger partial charge in [-0.25, -0.2) is 9.97 Å². The van der Waals surface area contributed by atoms with E-state index in [1.807, 2.05) is 17.0 Å². The highest BCUT2D eigenvalue weighted by molar-refractivity contribution is 5.92. The van der Waals surface area contributed by atoms with Crippen molar-refractivity contribution in [2.45, 2.75) is 32.6 Å². The summed E-state index contributed by atoms with van der Waals surface area (Å²) >= 11 is 0. The summed E-state index contributed by atoms with van der Waals surface area (Å²) in [6.07, 6.45) is 4.42. The molecular formula is C27H35N5O2. The zero-order valence-corrected chi connectivity index (χ0v) is 19.9. The number of fused-ring (bicyclic) bond motifs is 1. The van der Waals surface area contributed by atoms with Crippen molar-refractivity contribution >= 4 is 22.6 Å². The predicted molar refractivity (Wildman–Crippen MR) is 137 cm³/mol. The number of benzene rings is 2. The lowest BCUT2D eigenvalue weighted by molar-refractivity contribution is -0.131. The molecule has 2 aliphatic heterocycles. The Morgan fingerprint density at radius 2 is 1.74 bits per heavy atom. The molecule has 0 atom stereocenters. The Morgan fingerprint density at radius 3 is 2.50 bits per heavy atom. The Bertz CT molecular complexity index is 1170. The van der Waals surface area contributed by atoms with Crippen LogP contribution < -0.4 is 4.90 Å². The summed E-state index contributed by atoms with van der Waals surface area (Å²) in [4.78, 5) is 29.2. The molecule has 180 valence electrons. The molecule has 2 aromatic carbocycles. The number of para-hydroxylation sites is 1. The third-order valence-corrected chi connectivity index (χ3v) is 7.00. The molecule has 7 nitrogen and oxygen atoms in total. The molecule has 0 bridgehead atoms. The van der Waals surface area contributed by atoms with Gasteiger partial charge in [0.05, 0.1) is 11.1 Å². The number of hydrogen-bond acceptors (Lipinski definition) is 6. The molecule has 1 amide bonds. The van der Waals surface area contributed by atoms with E-state index in [2.05, 4.69) is 34.9 Å². The van der Waals surface area contributed by atoms with Crippen LogP contribution >= 0.6 is 0 Å². The van der Waals surface area contributed by atoms with Crippen LogP contribution in [0.1, 0.15) is 32.7 Å². The zero-order chi connectivity index (χ0) is 23.5. The SMILES string of the molecule is Cc1ccc2c(N3CCN(C(=O)CCN4CCCCC4)CC3)nc(-c3ccccc3O)nc2c1.[HH]. The standard InChI is InChI=1S/C27H33N5O2.H2/c1-20-9-10-21-23(19-20)28-26(22-7-3-4-8-24(22)33)29-27(21)32-17-15-31(16-18-32)25(34)11-14-30-12-5-2-6-13-30;/h3-4,7-10,19,33H,2,5-6,11-18H2,1H3;1H. The number of phenolic OH excluding ortho intramolecular Hbond substituents is 1. The van der Waals surface area contributed by atoms with Gasteiger partial charge in [-0.1, -0.05) is 24.6 Å². The first-order chi connectivity index (χ1) is 16.6. The molecule has 7 heteroatoms. The van der Waals surface area contributed by atoms with Gasteiger partial charge < -0.3 is 19.8 Å². The van der Waals surface area contributed by atoms with Crippen molar-refractivity contribution in [1.82, 2.24) is 19.8 Å². The topological polar surface area (TPSA) is 72.8 Å². The molecular weight excluding hydrogens is 426 g/mol. The van der Waals surface area contributed by atoms with Gasteiger partial charge in [0.25, 0.3) is 0 Å². The largest absolute Gasteiger partial charge is 0.507 e. The highest BCUT2D eigenvalue weighted by atomic mass is 16.3. The molecule has 1 aromatic heterocycles. The Balaban J connectivity index is 0.00000289. The van der Waals surface area contributed by atoms with Crippen molar-refractivity contribution in [1.29, 1.82) is 0 Å². The fourth-order valence-electron chi connectivity index (χ4n) is 5.01. The van der Waals surface area contributed by atoms with Gasteiger partial charge in [-0.2, -0.15) is 0 Å². The van der Waals surface area contributed by atoms with Crippen LogP contribution in [0, 0.1) is 6.92 Å². The van der Waals surface area contributed by atoms with Gasteiger partial charge >= 0.3 is 0 Å². The molecule has 0 radical (unpaired) electrons. The Labute approximate surface area is 202 Å². The van der Waals surface area contributed by atoms with Gasteiger partial charge in [-0.3, -0.25) is 4.79 Å². The summed E-state index contributed by atoms with van der Waals surface area (Å²) in [6, 6.07) is 13.4. The number of aromatic nitrogens is 2. The smallest absolute Gasteiger partial charge is 0.223 e. The number of piperazine rings is 1. The highest BCUT2D eigenvalue weighted by Crippen LogP contribution is 2.32. The zero-order valence-electron chi connectivity index (χ0n) is 19.9. The Morgan fingerprint density at radius 1 is 0.971 bits per heavy atom. The van der Waals surface area contributed by atoms with Gasteiger partial charge in [-0.05, 0) is 62.7 Å². The van der Waals surface area contributed by atoms with Gasteiger partial charge in [0.1, 0.15) is 11.6 Å². The van der Waals surface area contributed by atoms with Gasteiger partial charge in [-0.15, -0.1) is 0 Å². The summed E-state index contributed by atoms with van der Waals surface area (Å²) in [6.45, 7) is 8.03. The monoisotopic (exact) mass is 461 g/mol. The van der Waals surface area contributed by atoms with E-state index in [4.69, 9.17) is 9.97 Å². The van der Waals surface area contributed by atoms with E-state index >= 15 is 0 Å². The van der Waals surface area contributed by atoms with E-state index in [1.165, 1.54) is 19.3 Å². The maximum Gasteiger partial charge on any atom is 0.223 e. The molecule has 2 fully saturated rings. The van der Waals surface area contributed by atoms with Crippen LogP contribution in [-0.4, -0.2) is 76.6 Å². The number of nitrogens with zero attached hydrogens (tertiary/aromatic N) is 5. The molecule has 2 aliphatic rings. The van der Waals surface area contributed by atoms with Crippen molar-refractivity contribution in [3.8, 4) is 17.1 Å².